The Morgan fingerprint density at radius 1 is 1.00 bits per heavy atom. The summed E-state index contributed by atoms with van der Waals surface area (Å²) < 4.78 is 0. The van der Waals surface area contributed by atoms with E-state index in [1.165, 1.54) is 19.1 Å². The highest BCUT2D eigenvalue weighted by atomic mass is 16.7. The molecule has 0 spiro atoms. The lowest BCUT2D eigenvalue weighted by Gasteiger charge is -2.17. The summed E-state index contributed by atoms with van der Waals surface area (Å²) in [7, 11) is 0. The molecule has 1 aliphatic heterocycles. The van der Waals surface area contributed by atoms with Gasteiger partial charge in [-0.3, -0.25) is 14.4 Å². The first kappa shape index (κ1) is 17.3. The number of hydrogen-bond acceptors (Lipinski definition) is 5. The lowest BCUT2D eigenvalue weighted by atomic mass is 10.1. The number of aryl methyl sites for hydroxylation is 1. The van der Waals surface area contributed by atoms with E-state index in [0.29, 0.717) is 10.6 Å². The minimum atomic E-state index is -1.05. The molecule has 1 heterocycles. The van der Waals surface area contributed by atoms with Gasteiger partial charge in [-0.2, -0.15) is 0 Å². The molecule has 7 heteroatoms. The van der Waals surface area contributed by atoms with Gasteiger partial charge in [0, 0.05) is 5.56 Å². The van der Waals surface area contributed by atoms with Crippen molar-refractivity contribution in [2.24, 2.45) is 0 Å². The summed E-state index contributed by atoms with van der Waals surface area (Å²) in [5, 5.41) is 2.90. The van der Waals surface area contributed by atoms with E-state index in [1.807, 2.05) is 13.0 Å². The fourth-order valence-electron chi connectivity index (χ4n) is 2.54. The Hall–Kier alpha value is -3.48. The number of carbonyl (C=O) groups excluding carboxylic acids is 4. The van der Waals surface area contributed by atoms with Crippen LogP contribution in [-0.4, -0.2) is 34.8 Å². The number of hydroxylamine groups is 2. The Morgan fingerprint density at radius 3 is 2.19 bits per heavy atom. The lowest BCUT2D eigenvalue weighted by molar-refractivity contribution is -0.170. The lowest BCUT2D eigenvalue weighted by Crippen LogP contribution is -2.43. The van der Waals surface area contributed by atoms with Crippen LogP contribution < -0.4 is 5.32 Å². The second-order valence-electron chi connectivity index (χ2n) is 5.93. The first-order valence-corrected chi connectivity index (χ1v) is 7.95. The van der Waals surface area contributed by atoms with Crippen LogP contribution in [0.25, 0.3) is 0 Å². The molecular formula is C19H16N2O5. The van der Waals surface area contributed by atoms with E-state index in [4.69, 9.17) is 4.84 Å². The Balaban J connectivity index is 1.66. The summed E-state index contributed by atoms with van der Waals surface area (Å²) >= 11 is 0. The predicted octanol–water partition coefficient (Wildman–Crippen LogP) is 1.87. The number of imide groups is 1. The van der Waals surface area contributed by atoms with Crippen LogP contribution in [0.5, 0.6) is 0 Å². The van der Waals surface area contributed by atoms with Crippen LogP contribution in [0.4, 0.5) is 0 Å². The molecule has 3 rings (SSSR count). The number of carbonyl (C=O) groups is 4. The molecule has 1 atom stereocenters. The molecule has 2 aromatic rings. The fraction of sp³-hybridized carbons (Fsp3) is 0.158. The van der Waals surface area contributed by atoms with Crippen molar-refractivity contribution in [3.8, 4) is 0 Å². The van der Waals surface area contributed by atoms with Crippen molar-refractivity contribution < 1.29 is 24.0 Å². The molecule has 2 aromatic carbocycles. The number of nitrogens with zero attached hydrogens (tertiary/aromatic N) is 1. The number of amides is 3. The topological polar surface area (TPSA) is 92.8 Å². The van der Waals surface area contributed by atoms with Crippen LogP contribution in [0.1, 0.15) is 43.6 Å². The van der Waals surface area contributed by atoms with Crippen LogP contribution in [0.3, 0.4) is 0 Å². The summed E-state index contributed by atoms with van der Waals surface area (Å²) in [6, 6.07) is 12.0. The third-order valence-corrected chi connectivity index (χ3v) is 3.92. The van der Waals surface area contributed by atoms with E-state index in [1.54, 1.807) is 30.3 Å². The molecule has 3 amide bonds. The molecule has 132 valence electrons. The molecule has 0 saturated carbocycles. The highest BCUT2D eigenvalue weighted by molar-refractivity contribution is 6.21. The molecule has 0 bridgehead atoms. The number of fused-ring (bicyclic) bond motifs is 1. The first-order valence-electron chi connectivity index (χ1n) is 7.95. The average Bonchev–Trinajstić information content (AvgIpc) is 2.87. The molecule has 1 aliphatic rings. The van der Waals surface area contributed by atoms with Crippen molar-refractivity contribution in [3.63, 3.8) is 0 Å². The van der Waals surface area contributed by atoms with Gasteiger partial charge in [0.2, 0.25) is 0 Å². The minimum absolute atomic E-state index is 0.168. The second kappa shape index (κ2) is 6.79. The molecule has 26 heavy (non-hydrogen) atoms. The van der Waals surface area contributed by atoms with Crippen LogP contribution >= 0.6 is 0 Å². The number of nitrogens with one attached hydrogen (secondary N) is 1. The van der Waals surface area contributed by atoms with E-state index in [-0.39, 0.29) is 11.1 Å². The van der Waals surface area contributed by atoms with Gasteiger partial charge < -0.3 is 10.2 Å². The predicted molar refractivity (Wildman–Crippen MR) is 91.1 cm³/mol. The van der Waals surface area contributed by atoms with E-state index in [9.17, 15) is 19.2 Å². The molecule has 7 nitrogen and oxygen atoms in total. The third kappa shape index (κ3) is 3.19. The van der Waals surface area contributed by atoms with Crippen molar-refractivity contribution in [1.82, 2.24) is 10.4 Å². The quantitative estimate of drug-likeness (QED) is 0.848. The van der Waals surface area contributed by atoms with E-state index < -0.39 is 29.7 Å². The van der Waals surface area contributed by atoms with E-state index in [2.05, 4.69) is 5.32 Å². The van der Waals surface area contributed by atoms with Crippen molar-refractivity contribution >= 4 is 23.7 Å². The van der Waals surface area contributed by atoms with Gasteiger partial charge in [0.05, 0.1) is 11.1 Å². The van der Waals surface area contributed by atoms with Crippen molar-refractivity contribution in [2.45, 2.75) is 19.9 Å². The summed E-state index contributed by atoms with van der Waals surface area (Å²) in [5.41, 5.74) is 1.63. The smallest absolute Gasteiger partial charge is 0.339 e. The molecule has 0 saturated heterocycles. The molecular weight excluding hydrogens is 336 g/mol. The van der Waals surface area contributed by atoms with E-state index >= 15 is 0 Å². The third-order valence-electron chi connectivity index (χ3n) is 3.92. The van der Waals surface area contributed by atoms with Gasteiger partial charge >= 0.3 is 5.97 Å². The van der Waals surface area contributed by atoms with Gasteiger partial charge in [-0.05, 0) is 38.1 Å². The summed E-state index contributed by atoms with van der Waals surface area (Å²) in [4.78, 5) is 53.7. The Morgan fingerprint density at radius 2 is 1.62 bits per heavy atom. The summed E-state index contributed by atoms with van der Waals surface area (Å²) in [6.45, 7) is 3.25. The van der Waals surface area contributed by atoms with Crippen LogP contribution in [-0.2, 0) is 9.63 Å². The summed E-state index contributed by atoms with van der Waals surface area (Å²) in [6.07, 6.45) is 0. The zero-order chi connectivity index (χ0) is 18.8. The highest BCUT2D eigenvalue weighted by Gasteiger charge is 2.39. The maximum atomic E-state index is 12.2. The van der Waals surface area contributed by atoms with E-state index in [0.717, 1.165) is 5.56 Å². The van der Waals surface area contributed by atoms with Crippen molar-refractivity contribution in [1.29, 1.82) is 0 Å². The normalized spacial score (nSPS) is 14.0. The fourth-order valence-corrected chi connectivity index (χ4v) is 2.54. The van der Waals surface area contributed by atoms with Gasteiger partial charge in [-0.1, -0.05) is 34.9 Å². The molecule has 0 aromatic heterocycles. The Bertz CT molecular complexity index is 887. The Kier molecular flexibility index (Phi) is 4.53. The van der Waals surface area contributed by atoms with Gasteiger partial charge in [0.1, 0.15) is 6.04 Å². The molecule has 0 fully saturated rings. The molecule has 0 radical (unpaired) electrons. The maximum Gasteiger partial charge on any atom is 0.354 e. The van der Waals surface area contributed by atoms with Crippen molar-refractivity contribution in [2.75, 3.05) is 0 Å². The number of benzene rings is 2. The monoisotopic (exact) mass is 352 g/mol. The second-order valence-corrected chi connectivity index (χ2v) is 5.93. The van der Waals surface area contributed by atoms with Crippen LogP contribution in [0, 0.1) is 6.92 Å². The largest absolute Gasteiger partial charge is 0.354 e. The zero-order valence-electron chi connectivity index (χ0n) is 14.2. The average molecular weight is 352 g/mol. The molecule has 1 N–H and O–H groups in total. The molecule has 0 aliphatic carbocycles. The van der Waals surface area contributed by atoms with Gasteiger partial charge in [0.25, 0.3) is 17.7 Å². The van der Waals surface area contributed by atoms with Crippen molar-refractivity contribution in [3.05, 3.63) is 70.8 Å². The highest BCUT2D eigenvalue weighted by Crippen LogP contribution is 2.22. The Labute approximate surface area is 149 Å². The standard InChI is InChI=1S/C19H16N2O5/c1-11-6-5-7-13(10-11)16(22)20-12(2)19(25)26-21-17(23)14-8-3-4-9-15(14)18(21)24/h3-10,12H,1-2H3,(H,20,22). The minimum Gasteiger partial charge on any atom is -0.339 e. The maximum absolute atomic E-state index is 12.2. The zero-order valence-corrected chi connectivity index (χ0v) is 14.2. The van der Waals surface area contributed by atoms with Gasteiger partial charge in [0.15, 0.2) is 0 Å². The number of rotatable bonds is 4. The van der Waals surface area contributed by atoms with Gasteiger partial charge in [-0.15, -0.1) is 0 Å². The van der Waals surface area contributed by atoms with Crippen LogP contribution in [0.2, 0.25) is 0 Å². The molecule has 1 unspecified atom stereocenters. The SMILES string of the molecule is Cc1cccc(C(=O)NC(C)C(=O)ON2C(=O)c3ccccc3C2=O)c1. The first-order chi connectivity index (χ1) is 12.4. The van der Waals surface area contributed by atoms with Crippen LogP contribution in [0.15, 0.2) is 48.5 Å². The number of hydrogen-bond donors (Lipinski definition) is 1. The van der Waals surface area contributed by atoms with Gasteiger partial charge in [-0.25, -0.2) is 4.79 Å². The summed E-state index contributed by atoms with van der Waals surface area (Å²) in [5.74, 6) is -2.80.